The molecule has 1 aromatic carbocycles. The molecule has 4 rings (SSSR count). The van der Waals surface area contributed by atoms with Gasteiger partial charge in [-0.25, -0.2) is 4.98 Å². The smallest absolute Gasteiger partial charge is 0.232 e. The van der Waals surface area contributed by atoms with Crippen LogP contribution in [0.4, 0.5) is 11.1 Å². The highest BCUT2D eigenvalue weighted by atomic mass is 32.2. The second-order valence-electron chi connectivity index (χ2n) is 7.37. The lowest BCUT2D eigenvalue weighted by Crippen LogP contribution is -2.38. The van der Waals surface area contributed by atoms with Crippen molar-refractivity contribution in [2.75, 3.05) is 42.6 Å². The minimum Gasteiger partial charge on any atom is -0.378 e. The number of nitrogens with zero attached hydrogens (tertiary/aromatic N) is 6. The number of aryl methyl sites for hydroxylation is 1. The van der Waals surface area contributed by atoms with Gasteiger partial charge in [0.25, 0.3) is 0 Å². The van der Waals surface area contributed by atoms with Crippen LogP contribution >= 0.6 is 23.1 Å². The Labute approximate surface area is 196 Å². The minimum absolute atomic E-state index is 0.00659. The van der Waals surface area contributed by atoms with E-state index in [-0.39, 0.29) is 5.91 Å². The lowest BCUT2D eigenvalue weighted by Gasteiger charge is -2.28. The predicted octanol–water partition coefficient (Wildman–Crippen LogP) is 3.79. The number of para-hydroxylation sites is 1. The Kier molecular flexibility index (Phi) is 7.44. The third kappa shape index (κ3) is 4.82. The quantitative estimate of drug-likeness (QED) is 0.462. The molecular formula is C22H28N6O2S2. The number of aromatic nitrogens is 4. The van der Waals surface area contributed by atoms with Crippen molar-refractivity contribution in [3.05, 3.63) is 40.9 Å². The van der Waals surface area contributed by atoms with Crippen LogP contribution in [-0.4, -0.2) is 58.5 Å². The fraction of sp³-hybridized carbons (Fsp3) is 0.455. The summed E-state index contributed by atoms with van der Waals surface area (Å²) in [4.78, 5) is 20.4. The van der Waals surface area contributed by atoms with Gasteiger partial charge in [0.2, 0.25) is 11.9 Å². The van der Waals surface area contributed by atoms with Crippen LogP contribution in [0.5, 0.6) is 0 Å². The number of benzene rings is 1. The molecule has 0 bridgehead atoms. The molecule has 1 aliphatic rings. The summed E-state index contributed by atoms with van der Waals surface area (Å²) in [5.74, 6) is 1.51. The standard InChI is InChI=1S/C22H28N6O2S2/c1-4-17-8-6-7-9-19(17)28-20(26-10-12-30-13-11-26)24-25-22(28)32-15-18-14-31-21(23-18)27(5-2)16(3)29/h6-9,14H,4-5,10-13,15H2,1-3H3. The van der Waals surface area contributed by atoms with Gasteiger partial charge < -0.3 is 9.64 Å². The van der Waals surface area contributed by atoms with Crippen molar-refractivity contribution in [2.45, 2.75) is 38.1 Å². The first-order valence-electron chi connectivity index (χ1n) is 10.8. The van der Waals surface area contributed by atoms with Crippen LogP contribution in [0.25, 0.3) is 5.69 Å². The van der Waals surface area contributed by atoms with Gasteiger partial charge in [0.1, 0.15) is 0 Å². The first kappa shape index (κ1) is 22.8. The third-order valence-corrected chi connectivity index (χ3v) is 7.21. The summed E-state index contributed by atoms with van der Waals surface area (Å²) in [7, 11) is 0. The average molecular weight is 473 g/mol. The molecular weight excluding hydrogens is 444 g/mol. The number of morpholine rings is 1. The van der Waals surface area contributed by atoms with Crippen molar-refractivity contribution in [3.63, 3.8) is 0 Å². The zero-order chi connectivity index (χ0) is 22.5. The number of carbonyl (C=O) groups is 1. The molecule has 2 aromatic heterocycles. The maximum atomic E-state index is 11.8. The maximum Gasteiger partial charge on any atom is 0.232 e. The summed E-state index contributed by atoms with van der Waals surface area (Å²) < 4.78 is 7.69. The Balaban J connectivity index is 1.62. The van der Waals surface area contributed by atoms with E-state index in [1.165, 1.54) is 16.9 Å². The van der Waals surface area contributed by atoms with E-state index in [9.17, 15) is 4.79 Å². The number of amides is 1. The molecule has 0 radical (unpaired) electrons. The molecule has 170 valence electrons. The largest absolute Gasteiger partial charge is 0.378 e. The number of rotatable bonds is 8. The highest BCUT2D eigenvalue weighted by molar-refractivity contribution is 7.98. The normalized spacial score (nSPS) is 14.0. The summed E-state index contributed by atoms with van der Waals surface area (Å²) in [6.45, 7) is 9.27. The van der Waals surface area contributed by atoms with Crippen molar-refractivity contribution in [3.8, 4) is 5.69 Å². The van der Waals surface area contributed by atoms with Gasteiger partial charge in [0.15, 0.2) is 10.3 Å². The molecule has 0 atom stereocenters. The van der Waals surface area contributed by atoms with Crippen LogP contribution < -0.4 is 9.80 Å². The Morgan fingerprint density at radius 2 is 2.00 bits per heavy atom. The summed E-state index contributed by atoms with van der Waals surface area (Å²) in [6, 6.07) is 8.41. The van der Waals surface area contributed by atoms with Crippen LogP contribution in [-0.2, 0) is 21.7 Å². The number of thioether (sulfide) groups is 1. The van der Waals surface area contributed by atoms with E-state index in [1.54, 1.807) is 23.6 Å². The van der Waals surface area contributed by atoms with E-state index in [2.05, 4.69) is 55.8 Å². The zero-order valence-corrected chi connectivity index (χ0v) is 20.3. The summed E-state index contributed by atoms with van der Waals surface area (Å²) in [5.41, 5.74) is 3.29. The van der Waals surface area contributed by atoms with Crippen LogP contribution in [0, 0.1) is 0 Å². The van der Waals surface area contributed by atoms with E-state index in [0.717, 1.165) is 47.1 Å². The minimum atomic E-state index is 0.00659. The van der Waals surface area contributed by atoms with E-state index < -0.39 is 0 Å². The second kappa shape index (κ2) is 10.5. The Morgan fingerprint density at radius 1 is 1.22 bits per heavy atom. The average Bonchev–Trinajstić information content (AvgIpc) is 3.45. The van der Waals surface area contributed by atoms with Crippen molar-refractivity contribution >= 4 is 40.1 Å². The molecule has 1 aliphatic heterocycles. The van der Waals surface area contributed by atoms with Gasteiger partial charge in [-0.05, 0) is 25.0 Å². The molecule has 3 aromatic rings. The molecule has 1 saturated heterocycles. The molecule has 0 aliphatic carbocycles. The lowest BCUT2D eigenvalue weighted by atomic mass is 10.1. The molecule has 32 heavy (non-hydrogen) atoms. The monoisotopic (exact) mass is 472 g/mol. The highest BCUT2D eigenvalue weighted by Crippen LogP contribution is 2.32. The molecule has 0 unspecified atom stereocenters. The van der Waals surface area contributed by atoms with Crippen LogP contribution in [0.2, 0.25) is 0 Å². The van der Waals surface area contributed by atoms with Gasteiger partial charge in [-0.1, -0.05) is 36.9 Å². The second-order valence-corrected chi connectivity index (χ2v) is 9.15. The summed E-state index contributed by atoms with van der Waals surface area (Å²) >= 11 is 3.11. The molecule has 0 spiro atoms. The first-order chi connectivity index (χ1) is 15.6. The number of hydrogen-bond acceptors (Lipinski definition) is 8. The molecule has 0 saturated carbocycles. The van der Waals surface area contributed by atoms with Crippen molar-refractivity contribution in [1.29, 1.82) is 0 Å². The van der Waals surface area contributed by atoms with Crippen LogP contribution in [0.1, 0.15) is 32.0 Å². The van der Waals surface area contributed by atoms with Gasteiger partial charge in [-0.2, -0.15) is 0 Å². The lowest BCUT2D eigenvalue weighted by molar-refractivity contribution is -0.116. The van der Waals surface area contributed by atoms with Gasteiger partial charge in [0, 0.05) is 37.7 Å². The third-order valence-electron chi connectivity index (χ3n) is 5.34. The molecule has 1 amide bonds. The SMILES string of the molecule is CCc1ccccc1-n1c(SCc2csc(N(CC)C(C)=O)n2)nnc1N1CCOCC1. The van der Waals surface area contributed by atoms with E-state index in [0.29, 0.717) is 25.5 Å². The Morgan fingerprint density at radius 3 is 2.72 bits per heavy atom. The fourth-order valence-electron chi connectivity index (χ4n) is 3.68. The number of ether oxygens (including phenoxy) is 1. The zero-order valence-electron chi connectivity index (χ0n) is 18.7. The number of anilines is 2. The van der Waals surface area contributed by atoms with Crippen molar-refractivity contribution < 1.29 is 9.53 Å². The van der Waals surface area contributed by atoms with Gasteiger partial charge in [-0.3, -0.25) is 14.3 Å². The molecule has 10 heteroatoms. The van der Waals surface area contributed by atoms with Gasteiger partial charge >= 0.3 is 0 Å². The number of carbonyl (C=O) groups excluding carboxylic acids is 1. The van der Waals surface area contributed by atoms with E-state index >= 15 is 0 Å². The summed E-state index contributed by atoms with van der Waals surface area (Å²) in [5, 5.41) is 12.7. The predicted molar refractivity (Wildman–Crippen MR) is 129 cm³/mol. The van der Waals surface area contributed by atoms with Gasteiger partial charge in [-0.15, -0.1) is 21.5 Å². The molecule has 1 fully saturated rings. The van der Waals surface area contributed by atoms with Crippen LogP contribution in [0.3, 0.4) is 0 Å². The molecule has 8 nitrogen and oxygen atoms in total. The first-order valence-corrected chi connectivity index (χ1v) is 12.7. The maximum absolute atomic E-state index is 11.8. The fourth-order valence-corrected chi connectivity index (χ4v) is 5.55. The topological polar surface area (TPSA) is 76.4 Å². The van der Waals surface area contributed by atoms with E-state index in [4.69, 9.17) is 4.74 Å². The Hall–Kier alpha value is -2.43. The Bertz CT molecular complexity index is 1060. The number of thiazole rings is 1. The van der Waals surface area contributed by atoms with Crippen LogP contribution in [0.15, 0.2) is 34.8 Å². The molecule has 0 N–H and O–H groups in total. The number of hydrogen-bond donors (Lipinski definition) is 0. The van der Waals surface area contributed by atoms with Gasteiger partial charge in [0.05, 0.1) is 24.6 Å². The van der Waals surface area contributed by atoms with Crippen molar-refractivity contribution in [2.24, 2.45) is 0 Å². The highest BCUT2D eigenvalue weighted by Gasteiger charge is 2.23. The molecule has 3 heterocycles. The van der Waals surface area contributed by atoms with E-state index in [1.807, 2.05) is 12.3 Å². The van der Waals surface area contributed by atoms with Crippen molar-refractivity contribution in [1.82, 2.24) is 19.7 Å². The summed E-state index contributed by atoms with van der Waals surface area (Å²) in [6.07, 6.45) is 0.925.